The van der Waals surface area contributed by atoms with E-state index in [2.05, 4.69) is 27.0 Å². The molecule has 0 atom stereocenters. The maximum Gasteiger partial charge on any atom is 0.235 e. The first-order valence-electron chi connectivity index (χ1n) is 10.4. The second-order valence-electron chi connectivity index (χ2n) is 7.91. The molecule has 1 fully saturated rings. The molecule has 0 radical (unpaired) electrons. The molecule has 0 saturated carbocycles. The lowest BCUT2D eigenvalue weighted by atomic mass is 9.73. The minimum absolute atomic E-state index is 0.0463. The highest BCUT2D eigenvalue weighted by Gasteiger charge is 2.41. The van der Waals surface area contributed by atoms with Crippen molar-refractivity contribution in [1.82, 2.24) is 9.55 Å². The van der Waals surface area contributed by atoms with E-state index in [0.29, 0.717) is 26.1 Å². The zero-order valence-corrected chi connectivity index (χ0v) is 16.4. The molecule has 3 aromatic rings. The number of benzene rings is 2. The van der Waals surface area contributed by atoms with Gasteiger partial charge in [0.25, 0.3) is 0 Å². The first-order valence-corrected chi connectivity index (χ1v) is 10.4. The third-order valence-corrected chi connectivity index (χ3v) is 6.27. The number of ether oxygens (including phenoxy) is 1. The SMILES string of the molecule is O=C(Nc1ccc(-c2cnc3n2CCC3)cc1)C1(c2ccccc2)CCOCC1. The number of amides is 1. The first-order chi connectivity index (χ1) is 14.3. The van der Waals surface area contributed by atoms with Crippen LogP contribution in [0, 0.1) is 0 Å². The van der Waals surface area contributed by atoms with Gasteiger partial charge in [-0.3, -0.25) is 4.79 Å². The molecule has 5 nitrogen and oxygen atoms in total. The summed E-state index contributed by atoms with van der Waals surface area (Å²) in [5, 5.41) is 3.16. The molecular formula is C24H25N3O2. The summed E-state index contributed by atoms with van der Waals surface area (Å²) in [4.78, 5) is 17.9. The Morgan fingerprint density at radius 3 is 2.55 bits per heavy atom. The van der Waals surface area contributed by atoms with Gasteiger partial charge in [0.1, 0.15) is 5.82 Å². The fourth-order valence-electron chi connectivity index (χ4n) is 4.59. The predicted octanol–water partition coefficient (Wildman–Crippen LogP) is 4.18. The fourth-order valence-corrected chi connectivity index (χ4v) is 4.59. The van der Waals surface area contributed by atoms with Gasteiger partial charge in [0.2, 0.25) is 5.91 Å². The summed E-state index contributed by atoms with van der Waals surface area (Å²) in [5.41, 5.74) is 3.63. The maximum atomic E-state index is 13.4. The average Bonchev–Trinajstić information content (AvgIpc) is 3.40. The van der Waals surface area contributed by atoms with E-state index in [-0.39, 0.29) is 5.91 Å². The third-order valence-electron chi connectivity index (χ3n) is 6.27. The van der Waals surface area contributed by atoms with Crippen molar-refractivity contribution in [2.45, 2.75) is 37.6 Å². The lowest BCUT2D eigenvalue weighted by Gasteiger charge is -2.36. The number of aryl methyl sites for hydroxylation is 1. The largest absolute Gasteiger partial charge is 0.381 e. The smallest absolute Gasteiger partial charge is 0.235 e. The van der Waals surface area contributed by atoms with Crippen LogP contribution in [0.25, 0.3) is 11.3 Å². The van der Waals surface area contributed by atoms with Gasteiger partial charge >= 0.3 is 0 Å². The molecule has 0 aliphatic carbocycles. The molecule has 1 amide bonds. The highest BCUT2D eigenvalue weighted by Crippen LogP contribution is 2.36. The van der Waals surface area contributed by atoms with Crippen LogP contribution in [0.4, 0.5) is 5.69 Å². The van der Waals surface area contributed by atoms with Gasteiger partial charge in [-0.15, -0.1) is 0 Å². The van der Waals surface area contributed by atoms with E-state index < -0.39 is 5.41 Å². The van der Waals surface area contributed by atoms with Gasteiger partial charge in [0.05, 0.1) is 17.3 Å². The zero-order chi connectivity index (χ0) is 19.7. The topological polar surface area (TPSA) is 56.2 Å². The van der Waals surface area contributed by atoms with Gasteiger partial charge in [-0.2, -0.15) is 0 Å². The molecule has 1 aromatic heterocycles. The standard InChI is InChI=1S/C24H25N3O2/c28-23(24(12-15-29-16-13-24)19-5-2-1-3-6-19)26-20-10-8-18(9-11-20)21-17-25-22-7-4-14-27(21)22/h1-3,5-6,8-11,17H,4,7,12-16H2,(H,26,28). The molecule has 1 saturated heterocycles. The van der Waals surface area contributed by atoms with Crippen molar-refractivity contribution >= 4 is 11.6 Å². The van der Waals surface area contributed by atoms with Crippen molar-refractivity contribution in [3.8, 4) is 11.3 Å². The van der Waals surface area contributed by atoms with Crippen LogP contribution in [0.15, 0.2) is 60.8 Å². The van der Waals surface area contributed by atoms with Crippen molar-refractivity contribution in [3.05, 3.63) is 72.2 Å². The molecule has 1 N–H and O–H groups in total. The number of anilines is 1. The minimum atomic E-state index is -0.537. The number of hydrogen-bond acceptors (Lipinski definition) is 3. The van der Waals surface area contributed by atoms with E-state index in [1.54, 1.807) is 0 Å². The highest BCUT2D eigenvalue weighted by atomic mass is 16.5. The summed E-state index contributed by atoms with van der Waals surface area (Å²) in [6.07, 6.45) is 5.56. The Morgan fingerprint density at radius 2 is 1.79 bits per heavy atom. The number of carbonyl (C=O) groups is 1. The second-order valence-corrected chi connectivity index (χ2v) is 7.91. The molecule has 5 heteroatoms. The Balaban J connectivity index is 1.38. The third kappa shape index (κ3) is 3.25. The first kappa shape index (κ1) is 18.1. The summed E-state index contributed by atoms with van der Waals surface area (Å²) in [7, 11) is 0. The number of carbonyl (C=O) groups excluding carboxylic acids is 1. The highest BCUT2D eigenvalue weighted by molar-refractivity contribution is 5.99. The lowest BCUT2D eigenvalue weighted by molar-refractivity contribution is -0.125. The van der Waals surface area contributed by atoms with Crippen LogP contribution in [0.2, 0.25) is 0 Å². The van der Waals surface area contributed by atoms with Gasteiger partial charge < -0.3 is 14.6 Å². The van der Waals surface area contributed by atoms with Crippen molar-refractivity contribution in [1.29, 1.82) is 0 Å². The van der Waals surface area contributed by atoms with E-state index in [1.807, 2.05) is 48.7 Å². The molecule has 3 heterocycles. The van der Waals surface area contributed by atoms with E-state index in [9.17, 15) is 4.79 Å². The Hall–Kier alpha value is -2.92. The Labute approximate surface area is 170 Å². The normalized spacial score (nSPS) is 17.7. The number of imidazole rings is 1. The van der Waals surface area contributed by atoms with Crippen LogP contribution in [-0.2, 0) is 27.9 Å². The molecule has 5 rings (SSSR count). The summed E-state index contributed by atoms with van der Waals surface area (Å²) in [6, 6.07) is 18.2. The van der Waals surface area contributed by atoms with Crippen molar-refractivity contribution in [2.75, 3.05) is 18.5 Å². The second kappa shape index (κ2) is 7.48. The number of hydrogen-bond donors (Lipinski definition) is 1. The van der Waals surface area contributed by atoms with Gasteiger partial charge in [-0.05, 0) is 42.5 Å². The molecular weight excluding hydrogens is 362 g/mol. The fraction of sp³-hybridized carbons (Fsp3) is 0.333. The maximum absolute atomic E-state index is 13.4. The summed E-state index contributed by atoms with van der Waals surface area (Å²) >= 11 is 0. The van der Waals surface area contributed by atoms with Crippen molar-refractivity contribution in [2.24, 2.45) is 0 Å². The van der Waals surface area contributed by atoms with Crippen molar-refractivity contribution < 1.29 is 9.53 Å². The molecule has 29 heavy (non-hydrogen) atoms. The van der Waals surface area contributed by atoms with Crippen LogP contribution >= 0.6 is 0 Å². The summed E-state index contributed by atoms with van der Waals surface area (Å²) < 4.78 is 7.84. The Kier molecular flexibility index (Phi) is 4.68. The molecule has 2 aliphatic rings. The molecule has 0 spiro atoms. The molecule has 0 bridgehead atoms. The van der Waals surface area contributed by atoms with Crippen LogP contribution in [0.3, 0.4) is 0 Å². The number of nitrogens with one attached hydrogen (secondary N) is 1. The molecule has 0 unspecified atom stereocenters. The lowest BCUT2D eigenvalue weighted by Crippen LogP contribution is -2.44. The zero-order valence-electron chi connectivity index (χ0n) is 16.4. The summed E-state index contributed by atoms with van der Waals surface area (Å²) in [6.45, 7) is 2.24. The Morgan fingerprint density at radius 1 is 1.03 bits per heavy atom. The average molecular weight is 387 g/mol. The number of aromatic nitrogens is 2. The number of nitrogens with zero attached hydrogens (tertiary/aromatic N) is 2. The van der Waals surface area contributed by atoms with Crippen LogP contribution in [-0.4, -0.2) is 28.7 Å². The van der Waals surface area contributed by atoms with E-state index >= 15 is 0 Å². The van der Waals surface area contributed by atoms with Gasteiger partial charge in [0.15, 0.2) is 0 Å². The number of rotatable bonds is 4. The summed E-state index contributed by atoms with van der Waals surface area (Å²) in [5.74, 6) is 1.21. The molecule has 2 aliphatic heterocycles. The van der Waals surface area contributed by atoms with Gasteiger partial charge in [-0.25, -0.2) is 4.98 Å². The quantitative estimate of drug-likeness (QED) is 0.731. The Bertz CT molecular complexity index is 1000. The number of fused-ring (bicyclic) bond motifs is 1. The van der Waals surface area contributed by atoms with Crippen LogP contribution in [0.1, 0.15) is 30.7 Å². The molecule has 148 valence electrons. The van der Waals surface area contributed by atoms with E-state index in [0.717, 1.165) is 41.9 Å². The predicted molar refractivity (Wildman–Crippen MR) is 113 cm³/mol. The van der Waals surface area contributed by atoms with E-state index in [4.69, 9.17) is 4.74 Å². The van der Waals surface area contributed by atoms with Crippen LogP contribution < -0.4 is 5.32 Å². The monoisotopic (exact) mass is 387 g/mol. The van der Waals surface area contributed by atoms with Gasteiger partial charge in [-0.1, -0.05) is 42.5 Å². The minimum Gasteiger partial charge on any atom is -0.381 e. The van der Waals surface area contributed by atoms with Crippen LogP contribution in [0.5, 0.6) is 0 Å². The van der Waals surface area contributed by atoms with Crippen molar-refractivity contribution in [3.63, 3.8) is 0 Å². The van der Waals surface area contributed by atoms with E-state index in [1.165, 1.54) is 5.82 Å². The molecule has 2 aromatic carbocycles. The van der Waals surface area contributed by atoms with Gasteiger partial charge in [0, 0.05) is 31.9 Å².